The molecule has 0 bridgehead atoms. The van der Waals surface area contributed by atoms with Crippen molar-refractivity contribution in [3.63, 3.8) is 0 Å². The Bertz CT molecular complexity index is 861. The maximum absolute atomic E-state index is 12.7. The molecule has 0 unspecified atom stereocenters. The van der Waals surface area contributed by atoms with E-state index in [2.05, 4.69) is 13.8 Å². The van der Waals surface area contributed by atoms with Gasteiger partial charge in [0.2, 0.25) is 11.2 Å². The second kappa shape index (κ2) is 5.68. The van der Waals surface area contributed by atoms with Gasteiger partial charge in [0, 0.05) is 5.56 Å². The first-order valence-corrected chi connectivity index (χ1v) is 7.32. The molecule has 0 fully saturated rings. The molecule has 0 N–H and O–H groups in total. The highest BCUT2D eigenvalue weighted by Gasteiger charge is 2.17. The molecule has 0 radical (unpaired) electrons. The van der Waals surface area contributed by atoms with Crippen molar-refractivity contribution in [1.82, 2.24) is 0 Å². The molecule has 1 heterocycles. The maximum atomic E-state index is 12.7. The summed E-state index contributed by atoms with van der Waals surface area (Å²) in [7, 11) is 1.50. The Morgan fingerprint density at radius 3 is 2.41 bits per heavy atom. The zero-order valence-electron chi connectivity index (χ0n) is 12.9. The van der Waals surface area contributed by atoms with Gasteiger partial charge < -0.3 is 9.15 Å². The highest BCUT2D eigenvalue weighted by atomic mass is 16.5. The SMILES string of the molecule is COc1c(-c2ccccc2)oc2ccc(C(C)C)cc2c1=O. The summed E-state index contributed by atoms with van der Waals surface area (Å²) in [6, 6.07) is 15.3. The summed E-state index contributed by atoms with van der Waals surface area (Å²) in [6.45, 7) is 4.19. The predicted molar refractivity (Wildman–Crippen MR) is 88.6 cm³/mol. The molecule has 0 aliphatic heterocycles. The topological polar surface area (TPSA) is 39.4 Å². The highest BCUT2D eigenvalue weighted by Crippen LogP contribution is 2.31. The normalized spacial score (nSPS) is 11.1. The molecule has 0 spiro atoms. The molecular formula is C19H18O3. The minimum Gasteiger partial charge on any atom is -0.490 e. The van der Waals surface area contributed by atoms with Crippen LogP contribution in [0.3, 0.4) is 0 Å². The second-order valence-electron chi connectivity index (χ2n) is 5.57. The summed E-state index contributed by atoms with van der Waals surface area (Å²) >= 11 is 0. The summed E-state index contributed by atoms with van der Waals surface area (Å²) in [6.07, 6.45) is 0. The van der Waals surface area contributed by atoms with Crippen molar-refractivity contribution < 1.29 is 9.15 Å². The van der Waals surface area contributed by atoms with Crippen LogP contribution >= 0.6 is 0 Å². The molecule has 0 saturated heterocycles. The van der Waals surface area contributed by atoms with Crippen LogP contribution in [0, 0.1) is 0 Å². The van der Waals surface area contributed by atoms with Crippen LogP contribution in [-0.4, -0.2) is 7.11 Å². The third-order valence-corrected chi connectivity index (χ3v) is 3.78. The van der Waals surface area contributed by atoms with Crippen molar-refractivity contribution >= 4 is 11.0 Å². The molecule has 0 saturated carbocycles. The monoisotopic (exact) mass is 294 g/mol. The molecule has 0 amide bonds. The van der Waals surface area contributed by atoms with Crippen LogP contribution in [0.2, 0.25) is 0 Å². The lowest BCUT2D eigenvalue weighted by Crippen LogP contribution is -2.08. The third kappa shape index (κ3) is 2.39. The fourth-order valence-corrected chi connectivity index (χ4v) is 2.52. The van der Waals surface area contributed by atoms with Gasteiger partial charge in [-0.2, -0.15) is 0 Å². The van der Waals surface area contributed by atoms with E-state index in [4.69, 9.17) is 9.15 Å². The molecule has 3 heteroatoms. The van der Waals surface area contributed by atoms with Gasteiger partial charge in [0.25, 0.3) is 0 Å². The number of hydrogen-bond donors (Lipinski definition) is 0. The van der Waals surface area contributed by atoms with Gasteiger partial charge in [0.15, 0.2) is 5.76 Å². The van der Waals surface area contributed by atoms with Gasteiger partial charge in [-0.15, -0.1) is 0 Å². The molecule has 112 valence electrons. The zero-order valence-corrected chi connectivity index (χ0v) is 12.9. The van der Waals surface area contributed by atoms with Crippen molar-refractivity contribution in [2.45, 2.75) is 19.8 Å². The number of fused-ring (bicyclic) bond motifs is 1. The van der Waals surface area contributed by atoms with E-state index in [1.165, 1.54) is 7.11 Å². The minimum atomic E-state index is -0.134. The van der Waals surface area contributed by atoms with Crippen molar-refractivity contribution in [1.29, 1.82) is 0 Å². The molecule has 0 aliphatic carbocycles. The first-order valence-electron chi connectivity index (χ1n) is 7.32. The standard InChI is InChI=1S/C19H18O3/c1-12(2)14-9-10-16-15(11-14)17(20)19(21-3)18(22-16)13-7-5-4-6-8-13/h4-12H,1-3H3. The zero-order chi connectivity index (χ0) is 15.7. The van der Waals surface area contributed by atoms with Gasteiger partial charge in [-0.25, -0.2) is 0 Å². The number of rotatable bonds is 3. The fourth-order valence-electron chi connectivity index (χ4n) is 2.52. The molecule has 3 aromatic rings. The number of hydrogen-bond acceptors (Lipinski definition) is 3. The molecular weight excluding hydrogens is 276 g/mol. The van der Waals surface area contributed by atoms with Gasteiger partial charge in [-0.1, -0.05) is 50.2 Å². The van der Waals surface area contributed by atoms with E-state index in [-0.39, 0.29) is 11.2 Å². The van der Waals surface area contributed by atoms with Crippen molar-refractivity contribution in [3.8, 4) is 17.1 Å². The Labute approximate surface area is 129 Å². The van der Waals surface area contributed by atoms with E-state index in [9.17, 15) is 4.79 Å². The van der Waals surface area contributed by atoms with E-state index >= 15 is 0 Å². The van der Waals surface area contributed by atoms with Gasteiger partial charge in [0.1, 0.15) is 5.58 Å². The molecule has 0 atom stereocenters. The average Bonchev–Trinajstić information content (AvgIpc) is 2.55. The Kier molecular flexibility index (Phi) is 3.72. The van der Waals surface area contributed by atoms with Crippen LogP contribution < -0.4 is 10.2 Å². The lowest BCUT2D eigenvalue weighted by molar-refractivity contribution is 0.398. The summed E-state index contributed by atoms with van der Waals surface area (Å²) < 4.78 is 11.3. The van der Waals surface area contributed by atoms with Gasteiger partial charge >= 0.3 is 0 Å². The maximum Gasteiger partial charge on any atom is 0.235 e. The minimum absolute atomic E-state index is 0.134. The first-order chi connectivity index (χ1) is 10.6. The predicted octanol–water partition coefficient (Wildman–Crippen LogP) is 4.59. The van der Waals surface area contributed by atoms with E-state index in [0.29, 0.717) is 22.6 Å². The Morgan fingerprint density at radius 1 is 1.05 bits per heavy atom. The molecule has 2 aromatic carbocycles. The Balaban J connectivity index is 2.32. The third-order valence-electron chi connectivity index (χ3n) is 3.78. The van der Waals surface area contributed by atoms with Gasteiger partial charge in [-0.05, 0) is 23.6 Å². The van der Waals surface area contributed by atoms with Gasteiger partial charge in [-0.3, -0.25) is 4.79 Å². The first kappa shape index (κ1) is 14.4. The Morgan fingerprint density at radius 2 is 1.77 bits per heavy atom. The van der Waals surface area contributed by atoms with Crippen molar-refractivity contribution in [2.24, 2.45) is 0 Å². The van der Waals surface area contributed by atoms with Crippen molar-refractivity contribution in [2.75, 3.05) is 7.11 Å². The quantitative estimate of drug-likeness (QED) is 0.709. The fraction of sp³-hybridized carbons (Fsp3) is 0.211. The average molecular weight is 294 g/mol. The van der Waals surface area contributed by atoms with Gasteiger partial charge in [0.05, 0.1) is 12.5 Å². The molecule has 22 heavy (non-hydrogen) atoms. The van der Waals surface area contributed by atoms with Crippen LogP contribution in [0.4, 0.5) is 0 Å². The lowest BCUT2D eigenvalue weighted by Gasteiger charge is -2.11. The van der Waals surface area contributed by atoms with E-state index < -0.39 is 0 Å². The largest absolute Gasteiger partial charge is 0.490 e. The van der Waals surface area contributed by atoms with Crippen LogP contribution in [0.1, 0.15) is 25.3 Å². The van der Waals surface area contributed by atoms with Crippen LogP contribution in [0.5, 0.6) is 5.75 Å². The molecule has 3 nitrogen and oxygen atoms in total. The van der Waals surface area contributed by atoms with E-state index in [1.54, 1.807) is 0 Å². The van der Waals surface area contributed by atoms with Crippen LogP contribution in [-0.2, 0) is 0 Å². The number of methoxy groups -OCH3 is 1. The summed E-state index contributed by atoms with van der Waals surface area (Å²) in [5, 5.41) is 0.558. The molecule has 3 rings (SSSR count). The molecule has 1 aromatic heterocycles. The Hall–Kier alpha value is -2.55. The summed E-state index contributed by atoms with van der Waals surface area (Å²) in [4.78, 5) is 12.7. The molecule has 0 aliphatic rings. The summed E-state index contributed by atoms with van der Waals surface area (Å²) in [5.74, 6) is 1.07. The van der Waals surface area contributed by atoms with Crippen molar-refractivity contribution in [3.05, 3.63) is 64.3 Å². The second-order valence-corrected chi connectivity index (χ2v) is 5.57. The highest BCUT2D eigenvalue weighted by molar-refractivity contribution is 5.82. The van der Waals surface area contributed by atoms with E-state index in [0.717, 1.165) is 11.1 Å². The van der Waals surface area contributed by atoms with Crippen LogP contribution in [0.25, 0.3) is 22.3 Å². The lowest BCUT2D eigenvalue weighted by atomic mass is 10.0. The van der Waals surface area contributed by atoms with Crippen LogP contribution in [0.15, 0.2) is 57.7 Å². The number of benzene rings is 2. The number of ether oxygens (including phenoxy) is 1. The smallest absolute Gasteiger partial charge is 0.235 e. The summed E-state index contributed by atoms with van der Waals surface area (Å²) in [5.41, 5.74) is 2.37. The van der Waals surface area contributed by atoms with E-state index in [1.807, 2.05) is 48.5 Å².